The van der Waals surface area contributed by atoms with E-state index in [0.29, 0.717) is 4.90 Å². The van der Waals surface area contributed by atoms with Crippen LogP contribution in [0.3, 0.4) is 0 Å². The fourth-order valence-electron chi connectivity index (χ4n) is 4.25. The largest absolute Gasteiger partial charge is 0.481 e. The van der Waals surface area contributed by atoms with Crippen LogP contribution >= 0.6 is 0 Å². The number of fused-ring (bicyclic) bond motifs is 5. The van der Waals surface area contributed by atoms with Crippen LogP contribution in [0, 0.1) is 6.92 Å². The summed E-state index contributed by atoms with van der Waals surface area (Å²) in [5.41, 5.74) is 1.90. The highest BCUT2D eigenvalue weighted by Crippen LogP contribution is 2.45. The highest BCUT2D eigenvalue weighted by Gasteiger charge is 2.41. The predicted molar refractivity (Wildman–Crippen MR) is 134 cm³/mol. The van der Waals surface area contributed by atoms with Crippen molar-refractivity contribution in [3.05, 3.63) is 53.6 Å². The van der Waals surface area contributed by atoms with E-state index in [0.717, 1.165) is 46.3 Å². The zero-order valence-corrected chi connectivity index (χ0v) is 21.3. The fourth-order valence-corrected chi connectivity index (χ4v) is 5.99. The van der Waals surface area contributed by atoms with Crippen molar-refractivity contribution >= 4 is 38.8 Å². The quantitative estimate of drug-likeness (QED) is 0.263. The first-order chi connectivity index (χ1) is 17.2. The standard InChI is InChI=1S/C19H20N2O2S.C6H8O7/c1-13-8-9-18-16(12-13)19-15(10-11-20(2)3)14-6-4-5-7-17(14)21(19)24(18,22)23;7-3(8)1-6(13,5(11)12)2-4(9)10/h4-9,12H,10-11H2,1-3H3;13H,1-2H2,(H,7,8)(H,9,10)(H,11,12). The normalized spacial score (nSPS) is 13.5. The van der Waals surface area contributed by atoms with Crippen molar-refractivity contribution in [1.82, 2.24) is 8.87 Å². The molecule has 0 amide bonds. The molecule has 3 aromatic rings. The molecule has 0 saturated heterocycles. The van der Waals surface area contributed by atoms with Gasteiger partial charge in [-0.15, -0.1) is 0 Å². The molecule has 37 heavy (non-hydrogen) atoms. The molecule has 1 aliphatic heterocycles. The molecule has 12 heteroatoms. The molecule has 2 aromatic carbocycles. The Morgan fingerprint density at radius 1 is 0.973 bits per heavy atom. The van der Waals surface area contributed by atoms with Gasteiger partial charge in [0.05, 0.1) is 28.9 Å². The van der Waals surface area contributed by atoms with Gasteiger partial charge in [-0.05, 0) is 51.2 Å². The average molecular weight is 533 g/mol. The summed E-state index contributed by atoms with van der Waals surface area (Å²) in [5, 5.41) is 34.8. The summed E-state index contributed by atoms with van der Waals surface area (Å²) in [5.74, 6) is -5.02. The van der Waals surface area contributed by atoms with Gasteiger partial charge in [-0.3, -0.25) is 9.59 Å². The van der Waals surface area contributed by atoms with E-state index < -0.39 is 46.4 Å². The SMILES string of the molecule is Cc1ccc2c(c1)-c1c(CCN(C)C)c3ccccc3n1S2(=O)=O.O=C(O)CC(O)(CC(=O)O)C(=O)O. The van der Waals surface area contributed by atoms with Crippen molar-refractivity contribution < 1.29 is 43.2 Å². The molecule has 0 spiro atoms. The summed E-state index contributed by atoms with van der Waals surface area (Å²) in [6.45, 7) is 2.87. The Labute approximate surface area is 213 Å². The minimum atomic E-state index is -3.52. The number of carbonyl (C=O) groups is 3. The number of likely N-dealkylation sites (N-methyl/N-ethyl adjacent to an activating group) is 1. The second-order valence-electron chi connectivity index (χ2n) is 9.14. The minimum Gasteiger partial charge on any atom is -0.481 e. The minimum absolute atomic E-state index is 0.417. The number of hydrogen-bond donors (Lipinski definition) is 4. The monoisotopic (exact) mass is 532 g/mol. The molecule has 0 radical (unpaired) electrons. The third kappa shape index (κ3) is 5.50. The number of benzene rings is 2. The summed E-state index contributed by atoms with van der Waals surface area (Å²) in [6, 6.07) is 13.4. The van der Waals surface area contributed by atoms with Gasteiger partial charge in [0.25, 0.3) is 10.0 Å². The highest BCUT2D eigenvalue weighted by atomic mass is 32.2. The van der Waals surface area contributed by atoms with Gasteiger partial charge in [0.2, 0.25) is 0 Å². The molecule has 2 heterocycles. The first kappa shape index (κ1) is 27.8. The van der Waals surface area contributed by atoms with Crippen LogP contribution in [0.2, 0.25) is 0 Å². The predicted octanol–water partition coefficient (Wildman–Crippen LogP) is 2.02. The molecule has 0 unspecified atom stereocenters. The molecule has 0 saturated carbocycles. The van der Waals surface area contributed by atoms with Gasteiger partial charge in [-0.1, -0.05) is 29.8 Å². The van der Waals surface area contributed by atoms with E-state index in [1.165, 1.54) is 3.97 Å². The van der Waals surface area contributed by atoms with Crippen molar-refractivity contribution in [2.75, 3.05) is 20.6 Å². The number of hydrogen-bond acceptors (Lipinski definition) is 7. The lowest BCUT2D eigenvalue weighted by molar-refractivity contribution is -0.170. The molecule has 4 N–H and O–H groups in total. The van der Waals surface area contributed by atoms with Crippen LogP contribution in [0.15, 0.2) is 47.4 Å². The van der Waals surface area contributed by atoms with E-state index in [9.17, 15) is 22.8 Å². The van der Waals surface area contributed by atoms with Gasteiger partial charge in [-0.25, -0.2) is 17.2 Å². The third-order valence-electron chi connectivity index (χ3n) is 5.94. The second kappa shape index (κ2) is 10.3. The van der Waals surface area contributed by atoms with E-state index in [4.69, 9.17) is 20.4 Å². The maximum absolute atomic E-state index is 13.1. The number of aryl methyl sites for hydroxylation is 1. The number of aliphatic carboxylic acids is 3. The van der Waals surface area contributed by atoms with Gasteiger partial charge >= 0.3 is 17.9 Å². The van der Waals surface area contributed by atoms with Crippen molar-refractivity contribution in [1.29, 1.82) is 0 Å². The first-order valence-corrected chi connectivity index (χ1v) is 12.7. The van der Waals surface area contributed by atoms with Gasteiger partial charge in [0, 0.05) is 17.5 Å². The highest BCUT2D eigenvalue weighted by molar-refractivity contribution is 7.90. The Bertz CT molecular complexity index is 1470. The Morgan fingerprint density at radius 3 is 2.11 bits per heavy atom. The zero-order chi connectivity index (χ0) is 27.7. The number of para-hydroxylation sites is 1. The molecule has 0 atom stereocenters. The number of carboxylic acid groups (broad SMARTS) is 3. The molecular weight excluding hydrogens is 504 g/mol. The molecule has 0 fully saturated rings. The maximum Gasteiger partial charge on any atom is 0.336 e. The summed E-state index contributed by atoms with van der Waals surface area (Å²) < 4.78 is 27.7. The summed E-state index contributed by atoms with van der Waals surface area (Å²) in [7, 11) is 0.547. The molecule has 0 aliphatic carbocycles. The van der Waals surface area contributed by atoms with Crippen molar-refractivity contribution in [2.24, 2.45) is 0 Å². The van der Waals surface area contributed by atoms with Crippen LogP contribution in [0.25, 0.3) is 22.2 Å². The Kier molecular flexibility index (Phi) is 7.77. The van der Waals surface area contributed by atoms with Crippen LogP contribution < -0.4 is 0 Å². The molecule has 11 nitrogen and oxygen atoms in total. The van der Waals surface area contributed by atoms with Crippen LogP contribution in [-0.2, 0) is 30.8 Å². The number of carboxylic acids is 3. The average Bonchev–Trinajstić information content (AvgIpc) is 3.22. The van der Waals surface area contributed by atoms with Crippen molar-refractivity contribution in [3.63, 3.8) is 0 Å². The van der Waals surface area contributed by atoms with E-state index in [2.05, 4.69) is 4.90 Å². The lowest BCUT2D eigenvalue weighted by Crippen LogP contribution is -2.42. The van der Waals surface area contributed by atoms with Crippen molar-refractivity contribution in [3.8, 4) is 11.3 Å². The summed E-state index contributed by atoms with van der Waals surface area (Å²) >= 11 is 0. The van der Waals surface area contributed by atoms with Crippen LogP contribution in [0.5, 0.6) is 0 Å². The van der Waals surface area contributed by atoms with Crippen LogP contribution in [0.4, 0.5) is 0 Å². The van der Waals surface area contributed by atoms with E-state index in [1.54, 1.807) is 6.07 Å². The molecule has 4 rings (SSSR count). The van der Waals surface area contributed by atoms with Crippen LogP contribution in [-0.4, -0.2) is 81.9 Å². The molecule has 1 aromatic heterocycles. The number of aromatic nitrogens is 1. The van der Waals surface area contributed by atoms with E-state index in [-0.39, 0.29) is 0 Å². The maximum atomic E-state index is 13.1. The molecule has 1 aliphatic rings. The Hall–Kier alpha value is -3.74. The number of rotatable bonds is 8. The van der Waals surface area contributed by atoms with Gasteiger partial charge in [0.1, 0.15) is 0 Å². The first-order valence-electron chi connectivity index (χ1n) is 11.2. The molecule has 0 bridgehead atoms. The third-order valence-corrected chi connectivity index (χ3v) is 7.71. The molecule has 198 valence electrons. The fraction of sp³-hybridized carbons (Fsp3) is 0.320. The van der Waals surface area contributed by atoms with E-state index >= 15 is 0 Å². The van der Waals surface area contributed by atoms with Crippen molar-refractivity contribution in [2.45, 2.75) is 36.7 Å². The van der Waals surface area contributed by atoms with Crippen LogP contribution in [0.1, 0.15) is 24.0 Å². The van der Waals surface area contributed by atoms with Gasteiger partial charge in [0.15, 0.2) is 5.60 Å². The summed E-state index contributed by atoms with van der Waals surface area (Å²) in [4.78, 5) is 33.0. The lowest BCUT2D eigenvalue weighted by atomic mass is 9.96. The number of aliphatic hydroxyl groups is 1. The molecular formula is C25H28N2O9S. The number of nitrogens with zero attached hydrogens (tertiary/aromatic N) is 2. The topological polar surface area (TPSA) is 174 Å². The smallest absolute Gasteiger partial charge is 0.336 e. The van der Waals surface area contributed by atoms with E-state index in [1.807, 2.05) is 57.4 Å². The Morgan fingerprint density at radius 2 is 1.57 bits per heavy atom. The van der Waals surface area contributed by atoms with Gasteiger partial charge in [-0.2, -0.15) is 0 Å². The Balaban J connectivity index is 0.000000251. The van der Waals surface area contributed by atoms with Gasteiger partial charge < -0.3 is 25.3 Å². The lowest BCUT2D eigenvalue weighted by Gasteiger charge is -2.18. The zero-order valence-electron chi connectivity index (χ0n) is 20.5. The summed E-state index contributed by atoms with van der Waals surface area (Å²) in [6.07, 6.45) is -1.47. The second-order valence-corrected chi connectivity index (χ2v) is 10.9.